The Bertz CT molecular complexity index is 579. The lowest BCUT2D eigenvalue weighted by molar-refractivity contribution is 0.103. The van der Waals surface area contributed by atoms with Crippen molar-refractivity contribution in [2.45, 2.75) is 6.61 Å². The van der Waals surface area contributed by atoms with Crippen molar-refractivity contribution in [1.29, 1.82) is 0 Å². The van der Waals surface area contributed by atoms with Gasteiger partial charge in [0.2, 0.25) is 0 Å². The molecule has 2 aromatic rings. The van der Waals surface area contributed by atoms with Gasteiger partial charge in [-0.15, -0.1) is 11.3 Å². The smallest absolute Gasteiger partial charge is 0.265 e. The number of amides is 1. The van der Waals surface area contributed by atoms with E-state index in [-0.39, 0.29) is 5.91 Å². The van der Waals surface area contributed by atoms with E-state index in [9.17, 15) is 4.79 Å². The first kappa shape index (κ1) is 14.7. The molecule has 3 nitrogen and oxygen atoms in total. The Hall–Kier alpha value is -0.690. The van der Waals surface area contributed by atoms with Crippen molar-refractivity contribution in [3.05, 3.63) is 49.0 Å². The van der Waals surface area contributed by atoms with E-state index in [1.807, 2.05) is 24.3 Å². The van der Waals surface area contributed by atoms with E-state index < -0.39 is 0 Å². The average molecular weight is 405 g/mol. The van der Waals surface area contributed by atoms with Gasteiger partial charge in [0.25, 0.3) is 5.91 Å². The number of rotatable bonds is 4. The van der Waals surface area contributed by atoms with Gasteiger partial charge in [0.1, 0.15) is 0 Å². The summed E-state index contributed by atoms with van der Waals surface area (Å²) in [6.07, 6.45) is 0. The molecule has 1 amide bonds. The maximum Gasteiger partial charge on any atom is 0.265 e. The van der Waals surface area contributed by atoms with Crippen molar-refractivity contribution in [3.63, 3.8) is 0 Å². The molecule has 0 spiro atoms. The van der Waals surface area contributed by atoms with E-state index in [2.05, 4.69) is 37.2 Å². The highest BCUT2D eigenvalue weighted by Crippen LogP contribution is 2.32. The molecule has 0 saturated carbocycles. The molecule has 2 rings (SSSR count). The van der Waals surface area contributed by atoms with Gasteiger partial charge < -0.3 is 10.1 Å². The maximum atomic E-state index is 12.1. The molecule has 0 atom stereocenters. The first-order valence-electron chi connectivity index (χ1n) is 5.44. The Morgan fingerprint density at radius 2 is 2.16 bits per heavy atom. The number of carbonyl (C=O) groups is 1. The highest BCUT2D eigenvalue weighted by molar-refractivity contribution is 9.13. The number of hydrogen-bond donors (Lipinski definition) is 1. The lowest BCUT2D eigenvalue weighted by atomic mass is 10.2. The van der Waals surface area contributed by atoms with Crippen LogP contribution in [0.1, 0.15) is 15.2 Å². The van der Waals surface area contributed by atoms with Crippen LogP contribution in [-0.4, -0.2) is 13.0 Å². The summed E-state index contributed by atoms with van der Waals surface area (Å²) in [5.41, 5.74) is 1.79. The first-order chi connectivity index (χ1) is 9.10. The molecule has 19 heavy (non-hydrogen) atoms. The molecule has 0 bridgehead atoms. The first-order valence-corrected chi connectivity index (χ1v) is 7.84. The topological polar surface area (TPSA) is 38.3 Å². The predicted molar refractivity (Wildman–Crippen MR) is 84.8 cm³/mol. The van der Waals surface area contributed by atoms with Crippen molar-refractivity contribution in [2.24, 2.45) is 0 Å². The molecule has 6 heteroatoms. The van der Waals surface area contributed by atoms with Gasteiger partial charge in [-0.05, 0) is 55.6 Å². The summed E-state index contributed by atoms with van der Waals surface area (Å²) in [5, 5.41) is 2.87. The molecule has 1 aromatic heterocycles. The third-order valence-electron chi connectivity index (χ3n) is 2.36. The summed E-state index contributed by atoms with van der Waals surface area (Å²) in [6.45, 7) is 0.528. The van der Waals surface area contributed by atoms with E-state index in [1.165, 1.54) is 11.3 Å². The van der Waals surface area contributed by atoms with Crippen molar-refractivity contribution in [1.82, 2.24) is 0 Å². The largest absolute Gasteiger partial charge is 0.380 e. The molecule has 0 radical (unpaired) electrons. The SMILES string of the molecule is COCc1cccc(NC(=O)c2cc(Br)c(Br)s2)c1. The molecule has 0 aliphatic heterocycles. The van der Waals surface area contributed by atoms with Crippen molar-refractivity contribution in [3.8, 4) is 0 Å². The van der Waals surface area contributed by atoms with Gasteiger partial charge in [0.05, 0.1) is 15.3 Å². The molecule has 1 aromatic carbocycles. The van der Waals surface area contributed by atoms with Crippen LogP contribution in [0, 0.1) is 0 Å². The van der Waals surface area contributed by atoms with Crippen LogP contribution in [-0.2, 0) is 11.3 Å². The van der Waals surface area contributed by atoms with Gasteiger partial charge in [-0.25, -0.2) is 0 Å². The second-order valence-electron chi connectivity index (χ2n) is 3.82. The quantitative estimate of drug-likeness (QED) is 0.803. The summed E-state index contributed by atoms with van der Waals surface area (Å²) >= 11 is 8.14. The van der Waals surface area contributed by atoms with E-state index in [1.54, 1.807) is 13.2 Å². The van der Waals surface area contributed by atoms with Crippen molar-refractivity contribution < 1.29 is 9.53 Å². The monoisotopic (exact) mass is 403 g/mol. The van der Waals surface area contributed by atoms with Crippen molar-refractivity contribution in [2.75, 3.05) is 12.4 Å². The minimum absolute atomic E-state index is 0.119. The van der Waals surface area contributed by atoms with E-state index in [0.29, 0.717) is 11.5 Å². The van der Waals surface area contributed by atoms with Crippen LogP contribution in [0.15, 0.2) is 38.6 Å². The fraction of sp³-hybridized carbons (Fsp3) is 0.154. The summed E-state index contributed by atoms with van der Waals surface area (Å²) < 4.78 is 6.86. The summed E-state index contributed by atoms with van der Waals surface area (Å²) in [4.78, 5) is 12.7. The van der Waals surface area contributed by atoms with Gasteiger partial charge in [-0.2, -0.15) is 0 Å². The zero-order valence-electron chi connectivity index (χ0n) is 10.1. The minimum atomic E-state index is -0.119. The second-order valence-corrected chi connectivity index (χ2v) is 7.04. The number of methoxy groups -OCH3 is 1. The maximum absolute atomic E-state index is 12.1. The summed E-state index contributed by atoms with van der Waals surface area (Å²) in [7, 11) is 1.64. The van der Waals surface area contributed by atoms with Crippen LogP contribution in [0.2, 0.25) is 0 Å². The number of halogens is 2. The summed E-state index contributed by atoms with van der Waals surface area (Å²) in [6, 6.07) is 9.40. The third kappa shape index (κ3) is 3.89. The fourth-order valence-corrected chi connectivity index (χ4v) is 3.49. The number of anilines is 1. The molecular weight excluding hydrogens is 394 g/mol. The van der Waals surface area contributed by atoms with Gasteiger partial charge in [-0.1, -0.05) is 12.1 Å². The minimum Gasteiger partial charge on any atom is -0.380 e. The Labute approximate surface area is 132 Å². The van der Waals surface area contributed by atoms with Gasteiger partial charge in [0.15, 0.2) is 0 Å². The Kier molecular flexibility index (Phi) is 5.15. The second kappa shape index (κ2) is 6.65. The molecule has 0 unspecified atom stereocenters. The lowest BCUT2D eigenvalue weighted by Crippen LogP contribution is -2.10. The third-order valence-corrected chi connectivity index (χ3v) is 5.62. The number of benzene rings is 1. The molecule has 100 valence electrons. The summed E-state index contributed by atoms with van der Waals surface area (Å²) in [5.74, 6) is -0.119. The van der Waals surface area contributed by atoms with E-state index in [4.69, 9.17) is 4.74 Å². The molecule has 1 heterocycles. The molecular formula is C13H11Br2NO2S. The normalized spacial score (nSPS) is 10.5. The fourth-order valence-electron chi connectivity index (χ4n) is 1.56. The Morgan fingerprint density at radius 3 is 2.79 bits per heavy atom. The lowest BCUT2D eigenvalue weighted by Gasteiger charge is -2.06. The molecule has 0 fully saturated rings. The zero-order valence-corrected chi connectivity index (χ0v) is 14.1. The Balaban J connectivity index is 2.12. The number of hydrogen-bond acceptors (Lipinski definition) is 3. The van der Waals surface area contributed by atoms with Crippen LogP contribution < -0.4 is 5.32 Å². The zero-order chi connectivity index (χ0) is 13.8. The van der Waals surface area contributed by atoms with Crippen LogP contribution >= 0.6 is 43.2 Å². The van der Waals surface area contributed by atoms with E-state index >= 15 is 0 Å². The van der Waals surface area contributed by atoms with Crippen LogP contribution in [0.5, 0.6) is 0 Å². The highest BCUT2D eigenvalue weighted by atomic mass is 79.9. The van der Waals surface area contributed by atoms with Crippen LogP contribution in [0.25, 0.3) is 0 Å². The predicted octanol–water partition coefficient (Wildman–Crippen LogP) is 4.67. The number of nitrogens with one attached hydrogen (secondary N) is 1. The Morgan fingerprint density at radius 1 is 1.37 bits per heavy atom. The average Bonchev–Trinajstić information content (AvgIpc) is 2.71. The molecule has 0 saturated heterocycles. The van der Waals surface area contributed by atoms with Crippen LogP contribution in [0.4, 0.5) is 5.69 Å². The molecule has 1 N–H and O–H groups in total. The van der Waals surface area contributed by atoms with E-state index in [0.717, 1.165) is 19.5 Å². The van der Waals surface area contributed by atoms with Gasteiger partial charge in [-0.3, -0.25) is 4.79 Å². The number of carbonyl (C=O) groups excluding carboxylic acids is 1. The van der Waals surface area contributed by atoms with Crippen molar-refractivity contribution >= 4 is 54.8 Å². The number of thiophene rings is 1. The number of ether oxygens (including phenoxy) is 1. The molecule has 0 aliphatic rings. The van der Waals surface area contributed by atoms with Gasteiger partial charge >= 0.3 is 0 Å². The highest BCUT2D eigenvalue weighted by Gasteiger charge is 2.12. The standard InChI is InChI=1S/C13H11Br2NO2S/c1-18-7-8-3-2-4-9(5-8)16-13(17)11-6-10(14)12(15)19-11/h2-6H,7H2,1H3,(H,16,17). The van der Waals surface area contributed by atoms with Gasteiger partial charge in [0, 0.05) is 17.3 Å². The molecule has 0 aliphatic carbocycles. The van der Waals surface area contributed by atoms with Crippen LogP contribution in [0.3, 0.4) is 0 Å².